The van der Waals surface area contributed by atoms with Crippen LogP contribution in [0.2, 0.25) is 0 Å². The first-order valence-electron chi connectivity index (χ1n) is 7.87. The van der Waals surface area contributed by atoms with Crippen molar-refractivity contribution in [3.63, 3.8) is 0 Å². The summed E-state index contributed by atoms with van der Waals surface area (Å²) < 4.78 is 18.4. The molecule has 1 rings (SSSR count). The molecule has 0 unspecified atom stereocenters. The summed E-state index contributed by atoms with van der Waals surface area (Å²) in [7, 11) is -2.83. The zero-order valence-corrected chi connectivity index (χ0v) is 14.6. The molecule has 0 aliphatic carbocycles. The SMILES string of the molecule is C=Cc1cccc([Si](OCCC)(OCCC)OCCC)c1. The van der Waals surface area contributed by atoms with Gasteiger partial charge < -0.3 is 13.3 Å². The molecule has 0 heterocycles. The normalized spacial score (nSPS) is 11.6. The first kappa shape index (κ1) is 18.1. The molecule has 0 spiro atoms. The predicted octanol–water partition coefficient (Wildman–Crippen LogP) is 3.76. The molecule has 0 saturated carbocycles. The Labute approximate surface area is 130 Å². The van der Waals surface area contributed by atoms with Gasteiger partial charge in [-0.25, -0.2) is 0 Å². The maximum Gasteiger partial charge on any atom is 0.537 e. The van der Waals surface area contributed by atoms with Crippen molar-refractivity contribution in [2.24, 2.45) is 0 Å². The zero-order chi connectivity index (χ0) is 15.6. The fourth-order valence-corrected chi connectivity index (χ4v) is 4.75. The van der Waals surface area contributed by atoms with Crippen LogP contribution >= 0.6 is 0 Å². The highest BCUT2D eigenvalue weighted by Gasteiger charge is 2.43. The van der Waals surface area contributed by atoms with E-state index in [-0.39, 0.29) is 0 Å². The average Bonchev–Trinajstić information content (AvgIpc) is 2.54. The van der Waals surface area contributed by atoms with Crippen molar-refractivity contribution in [3.8, 4) is 0 Å². The van der Waals surface area contributed by atoms with Crippen molar-refractivity contribution in [1.82, 2.24) is 0 Å². The molecule has 0 bridgehead atoms. The Morgan fingerprint density at radius 1 is 0.952 bits per heavy atom. The molecule has 0 fully saturated rings. The minimum atomic E-state index is -2.83. The average molecular weight is 308 g/mol. The Bertz CT molecular complexity index is 398. The van der Waals surface area contributed by atoms with Crippen LogP contribution in [0.1, 0.15) is 45.6 Å². The van der Waals surface area contributed by atoms with Gasteiger partial charge in [-0.05, 0) is 30.9 Å². The van der Waals surface area contributed by atoms with E-state index in [0.717, 1.165) is 30.0 Å². The highest BCUT2D eigenvalue weighted by atomic mass is 28.4. The summed E-state index contributed by atoms with van der Waals surface area (Å²) in [4.78, 5) is 0. The van der Waals surface area contributed by atoms with Crippen LogP contribution < -0.4 is 5.19 Å². The van der Waals surface area contributed by atoms with Gasteiger partial charge >= 0.3 is 8.80 Å². The molecule has 0 aliphatic rings. The largest absolute Gasteiger partial charge is 0.537 e. The number of rotatable bonds is 11. The Balaban J connectivity index is 3.11. The maximum atomic E-state index is 6.13. The van der Waals surface area contributed by atoms with E-state index in [2.05, 4.69) is 33.4 Å². The van der Waals surface area contributed by atoms with Gasteiger partial charge in [-0.2, -0.15) is 0 Å². The highest BCUT2D eigenvalue weighted by molar-refractivity contribution is 6.75. The molecule has 1 aromatic carbocycles. The van der Waals surface area contributed by atoms with E-state index >= 15 is 0 Å². The lowest BCUT2D eigenvalue weighted by Crippen LogP contribution is -2.57. The topological polar surface area (TPSA) is 27.7 Å². The molecule has 3 nitrogen and oxygen atoms in total. The van der Waals surface area contributed by atoms with Gasteiger partial charge in [0.05, 0.1) is 0 Å². The minimum Gasteiger partial charge on any atom is -0.370 e. The maximum absolute atomic E-state index is 6.13. The monoisotopic (exact) mass is 308 g/mol. The van der Waals surface area contributed by atoms with E-state index in [4.69, 9.17) is 13.3 Å². The van der Waals surface area contributed by atoms with Gasteiger partial charge in [-0.3, -0.25) is 0 Å². The van der Waals surface area contributed by atoms with E-state index in [1.165, 1.54) is 0 Å². The predicted molar refractivity (Wildman–Crippen MR) is 90.7 cm³/mol. The van der Waals surface area contributed by atoms with E-state index in [1.54, 1.807) is 0 Å². The van der Waals surface area contributed by atoms with Crippen LogP contribution in [0.3, 0.4) is 0 Å². The molecule has 0 aromatic heterocycles. The van der Waals surface area contributed by atoms with Crippen LogP contribution in [0.5, 0.6) is 0 Å². The third-order valence-electron chi connectivity index (χ3n) is 2.96. The van der Waals surface area contributed by atoms with Crippen LogP contribution in [-0.2, 0) is 13.3 Å². The van der Waals surface area contributed by atoms with Gasteiger partial charge in [0.25, 0.3) is 0 Å². The van der Waals surface area contributed by atoms with Crippen molar-refractivity contribution >= 4 is 20.1 Å². The van der Waals surface area contributed by atoms with Gasteiger partial charge in [-0.15, -0.1) is 0 Å². The van der Waals surface area contributed by atoms with Crippen LogP contribution in [0.4, 0.5) is 0 Å². The second-order valence-corrected chi connectivity index (χ2v) is 7.49. The molecule has 1 aromatic rings. The second-order valence-electron chi connectivity index (χ2n) is 4.93. The van der Waals surface area contributed by atoms with E-state index < -0.39 is 8.80 Å². The Hall–Kier alpha value is -0.943. The summed E-state index contributed by atoms with van der Waals surface area (Å²) in [5, 5.41) is 1.02. The molecule has 21 heavy (non-hydrogen) atoms. The summed E-state index contributed by atoms with van der Waals surface area (Å²) in [6, 6.07) is 8.14. The van der Waals surface area contributed by atoms with Crippen molar-refractivity contribution in [1.29, 1.82) is 0 Å². The first-order valence-corrected chi connectivity index (χ1v) is 9.59. The smallest absolute Gasteiger partial charge is 0.370 e. The fourth-order valence-electron chi connectivity index (χ4n) is 1.94. The number of benzene rings is 1. The third kappa shape index (κ3) is 5.40. The fraction of sp³-hybridized carbons (Fsp3) is 0.529. The van der Waals surface area contributed by atoms with Crippen LogP contribution in [0.25, 0.3) is 6.08 Å². The lowest BCUT2D eigenvalue weighted by atomic mass is 10.2. The molecule has 0 atom stereocenters. The molecule has 0 radical (unpaired) electrons. The van der Waals surface area contributed by atoms with Crippen LogP contribution in [-0.4, -0.2) is 28.6 Å². The zero-order valence-electron chi connectivity index (χ0n) is 13.6. The lowest BCUT2D eigenvalue weighted by Gasteiger charge is -2.30. The van der Waals surface area contributed by atoms with Crippen molar-refractivity contribution in [2.75, 3.05) is 19.8 Å². The highest BCUT2D eigenvalue weighted by Crippen LogP contribution is 2.14. The molecule has 0 N–H and O–H groups in total. The Morgan fingerprint density at radius 2 is 1.48 bits per heavy atom. The quantitative estimate of drug-likeness (QED) is 0.583. The number of hydrogen-bond acceptors (Lipinski definition) is 3. The van der Waals surface area contributed by atoms with Crippen LogP contribution in [0, 0.1) is 0 Å². The second kappa shape index (κ2) is 9.90. The van der Waals surface area contributed by atoms with Gasteiger partial charge in [0.2, 0.25) is 0 Å². The molecule has 4 heteroatoms. The van der Waals surface area contributed by atoms with E-state index in [1.807, 2.05) is 24.3 Å². The molecular weight excluding hydrogens is 280 g/mol. The lowest BCUT2D eigenvalue weighted by molar-refractivity contribution is 0.0732. The molecule has 0 aliphatic heterocycles. The third-order valence-corrected chi connectivity index (χ3v) is 5.74. The van der Waals surface area contributed by atoms with Gasteiger partial charge in [0.15, 0.2) is 0 Å². The summed E-state index contributed by atoms with van der Waals surface area (Å²) >= 11 is 0. The summed E-state index contributed by atoms with van der Waals surface area (Å²) in [5.74, 6) is 0. The number of hydrogen-bond donors (Lipinski definition) is 0. The Kier molecular flexibility index (Phi) is 8.53. The molecule has 0 amide bonds. The molecule has 0 saturated heterocycles. The Morgan fingerprint density at radius 3 is 1.90 bits per heavy atom. The summed E-state index contributed by atoms with van der Waals surface area (Å²) in [5.41, 5.74) is 1.06. The first-order chi connectivity index (χ1) is 10.2. The molecular formula is C17H28O3Si. The molecule has 118 valence electrons. The standard InChI is InChI=1S/C17H28O3Si/c1-5-12-18-21(19-13-6-2,20-14-7-3)17-11-9-10-16(8-4)15-17/h8-11,15H,4-7,12-14H2,1-3H3. The van der Waals surface area contributed by atoms with E-state index in [9.17, 15) is 0 Å². The van der Waals surface area contributed by atoms with Gasteiger partial charge in [-0.1, -0.05) is 51.6 Å². The van der Waals surface area contributed by atoms with E-state index in [0.29, 0.717) is 19.8 Å². The summed E-state index contributed by atoms with van der Waals surface area (Å²) in [6.45, 7) is 12.1. The van der Waals surface area contributed by atoms with Crippen LogP contribution in [0.15, 0.2) is 30.8 Å². The summed E-state index contributed by atoms with van der Waals surface area (Å²) in [6.07, 6.45) is 4.67. The van der Waals surface area contributed by atoms with Crippen molar-refractivity contribution in [3.05, 3.63) is 36.4 Å². The van der Waals surface area contributed by atoms with Gasteiger partial charge in [0.1, 0.15) is 0 Å². The van der Waals surface area contributed by atoms with Gasteiger partial charge in [0, 0.05) is 25.0 Å². The van der Waals surface area contributed by atoms with Crippen molar-refractivity contribution in [2.45, 2.75) is 40.0 Å². The minimum absolute atomic E-state index is 0.651. The van der Waals surface area contributed by atoms with Crippen molar-refractivity contribution < 1.29 is 13.3 Å².